The van der Waals surface area contributed by atoms with Gasteiger partial charge in [-0.1, -0.05) is 137 Å². The van der Waals surface area contributed by atoms with Gasteiger partial charge in [0.25, 0.3) is 0 Å². The summed E-state index contributed by atoms with van der Waals surface area (Å²) >= 11 is -0.106. The van der Waals surface area contributed by atoms with Gasteiger partial charge < -0.3 is 0 Å². The van der Waals surface area contributed by atoms with Crippen LogP contribution in [0.4, 0.5) is 0 Å². The van der Waals surface area contributed by atoms with E-state index in [2.05, 4.69) is 121 Å². The molecule has 0 radical (unpaired) electrons. The van der Waals surface area contributed by atoms with Crippen molar-refractivity contribution in [2.75, 3.05) is 0 Å². The molecule has 0 aromatic rings. The first-order chi connectivity index (χ1) is 12.8. The monoisotopic (exact) mass is 576 g/mol. The van der Waals surface area contributed by atoms with E-state index in [1.807, 2.05) is 0 Å². The SMILES string of the molecule is CCC=CP(C(C)(C)C)C(C)(C)C.CCC=CP(C(C)(C)C)C(C)(C)C.[Cl][Pd][Cl]. The molecule has 0 bridgehead atoms. The zero-order valence-electron chi connectivity index (χ0n) is 21.7. The molecule has 0 N–H and O–H groups in total. The fourth-order valence-corrected chi connectivity index (χ4v) is 9.99. The van der Waals surface area contributed by atoms with Crippen LogP contribution < -0.4 is 0 Å². The van der Waals surface area contributed by atoms with Gasteiger partial charge in [0.2, 0.25) is 0 Å². The maximum absolute atomic E-state index is 4.81. The Bertz CT molecular complexity index is 377. The van der Waals surface area contributed by atoms with E-state index >= 15 is 0 Å². The fourth-order valence-electron chi connectivity index (χ4n) is 3.33. The van der Waals surface area contributed by atoms with Crippen molar-refractivity contribution in [3.8, 4) is 0 Å². The molecular weight excluding hydrogens is 528 g/mol. The van der Waals surface area contributed by atoms with Gasteiger partial charge in [-0.3, -0.25) is 0 Å². The molecule has 0 aromatic heterocycles. The molecule has 0 aliphatic heterocycles. The number of hydrogen-bond acceptors (Lipinski definition) is 0. The summed E-state index contributed by atoms with van der Waals surface area (Å²) in [4.78, 5) is 0. The molecule has 0 aliphatic rings. The van der Waals surface area contributed by atoms with E-state index in [0.29, 0.717) is 20.6 Å². The summed E-state index contributed by atoms with van der Waals surface area (Å²) in [6.45, 7) is 32.6. The zero-order valence-corrected chi connectivity index (χ0v) is 26.5. The Morgan fingerprint density at radius 3 is 0.828 bits per heavy atom. The second kappa shape index (κ2) is 16.2. The molecule has 0 spiro atoms. The van der Waals surface area contributed by atoms with Gasteiger partial charge in [0.05, 0.1) is 0 Å². The molecular formula is C24H50Cl2P2Pd. The van der Waals surface area contributed by atoms with Crippen molar-refractivity contribution in [3.05, 3.63) is 23.8 Å². The molecule has 0 aliphatic carbocycles. The first kappa shape index (κ1) is 35.2. The van der Waals surface area contributed by atoms with Crippen molar-refractivity contribution < 1.29 is 15.9 Å². The van der Waals surface area contributed by atoms with E-state index in [9.17, 15) is 0 Å². The predicted molar refractivity (Wildman–Crippen MR) is 143 cm³/mol. The molecule has 180 valence electrons. The Hall–Kier alpha value is 1.58. The molecule has 0 aromatic carbocycles. The Kier molecular flexibility index (Phi) is 19.7. The van der Waals surface area contributed by atoms with Gasteiger partial charge in [0.1, 0.15) is 0 Å². The maximum atomic E-state index is 4.81. The second-order valence-electron chi connectivity index (χ2n) is 11.1. The predicted octanol–water partition coefficient (Wildman–Crippen LogP) is 11.4. The molecule has 5 heteroatoms. The van der Waals surface area contributed by atoms with Crippen molar-refractivity contribution in [3.63, 3.8) is 0 Å². The summed E-state index contributed by atoms with van der Waals surface area (Å²) in [5, 5.41) is 1.72. The Morgan fingerprint density at radius 2 is 0.724 bits per heavy atom. The molecule has 0 rings (SSSR count). The van der Waals surface area contributed by atoms with Crippen molar-refractivity contribution in [2.45, 2.75) is 130 Å². The summed E-state index contributed by atoms with van der Waals surface area (Å²) in [6.07, 6.45) is 6.96. The molecule has 0 nitrogen and oxygen atoms in total. The second-order valence-corrected chi connectivity index (χ2v) is 20.9. The topological polar surface area (TPSA) is 0 Å². The number of hydrogen-bond donors (Lipinski definition) is 0. The standard InChI is InChI=1S/2C12H25P.2ClH.Pd/c2*1-8-9-10-13(11(2,3)4)12(5,6)7;;;/h2*9-10H,8H2,1-7H3;2*1H;/q;;;;+2/p-2. The Labute approximate surface area is 204 Å². The summed E-state index contributed by atoms with van der Waals surface area (Å²) in [6, 6.07) is 0. The van der Waals surface area contributed by atoms with Crippen LogP contribution in [-0.2, 0) is 15.9 Å². The van der Waals surface area contributed by atoms with Crippen LogP contribution in [0, 0.1) is 0 Å². The van der Waals surface area contributed by atoms with Gasteiger partial charge in [-0.15, -0.1) is 0 Å². The van der Waals surface area contributed by atoms with E-state index in [4.69, 9.17) is 19.1 Å². The van der Waals surface area contributed by atoms with Crippen molar-refractivity contribution in [1.29, 1.82) is 0 Å². The molecule has 0 unspecified atom stereocenters. The van der Waals surface area contributed by atoms with E-state index < -0.39 is 0 Å². The quantitative estimate of drug-likeness (QED) is 0.230. The van der Waals surface area contributed by atoms with Crippen LogP contribution in [0.3, 0.4) is 0 Å². The number of halogens is 2. The minimum absolute atomic E-state index is 0.0292. The van der Waals surface area contributed by atoms with Gasteiger partial charge in [0, 0.05) is 0 Å². The normalized spacial score (nSPS) is 13.7. The van der Waals surface area contributed by atoms with E-state index in [0.717, 1.165) is 12.8 Å². The third-order valence-corrected chi connectivity index (χ3v) is 10.7. The Balaban J connectivity index is -0.000000410. The zero-order chi connectivity index (χ0) is 24.1. The summed E-state index contributed by atoms with van der Waals surface area (Å²) in [7, 11) is 9.57. The molecule has 0 saturated heterocycles. The third-order valence-electron chi connectivity index (χ3n) is 3.87. The van der Waals surface area contributed by atoms with E-state index in [1.54, 1.807) is 0 Å². The van der Waals surface area contributed by atoms with Crippen LogP contribution in [0.5, 0.6) is 0 Å². The molecule has 0 amide bonds. The van der Waals surface area contributed by atoms with Gasteiger partial charge in [0.15, 0.2) is 0 Å². The van der Waals surface area contributed by atoms with Gasteiger partial charge in [-0.25, -0.2) is 0 Å². The first-order valence-corrected chi connectivity index (χ1v) is 17.4. The van der Waals surface area contributed by atoms with Crippen LogP contribution in [0.2, 0.25) is 0 Å². The Morgan fingerprint density at radius 1 is 0.552 bits per heavy atom. The molecule has 0 heterocycles. The summed E-state index contributed by atoms with van der Waals surface area (Å²) < 4.78 is 0. The van der Waals surface area contributed by atoms with Crippen molar-refractivity contribution in [1.82, 2.24) is 0 Å². The minimum atomic E-state index is -0.106. The summed E-state index contributed by atoms with van der Waals surface area (Å²) in [5.41, 5.74) is 0. The van der Waals surface area contributed by atoms with Crippen LogP contribution in [-0.4, -0.2) is 20.6 Å². The molecule has 0 atom stereocenters. The van der Waals surface area contributed by atoms with Crippen LogP contribution in [0.25, 0.3) is 0 Å². The van der Waals surface area contributed by atoms with Crippen molar-refractivity contribution in [2.24, 2.45) is 0 Å². The third kappa shape index (κ3) is 20.0. The van der Waals surface area contributed by atoms with E-state index in [-0.39, 0.29) is 31.8 Å². The average Bonchev–Trinajstić information content (AvgIpc) is 2.44. The molecule has 0 saturated carbocycles. The fraction of sp³-hybridized carbons (Fsp3) is 0.833. The van der Waals surface area contributed by atoms with Gasteiger partial charge in [-0.2, -0.15) is 0 Å². The summed E-state index contributed by atoms with van der Waals surface area (Å²) in [5.74, 6) is 4.91. The van der Waals surface area contributed by atoms with Gasteiger partial charge in [-0.05, 0) is 33.5 Å². The van der Waals surface area contributed by atoms with Crippen LogP contribution in [0.1, 0.15) is 110 Å². The number of rotatable bonds is 4. The van der Waals surface area contributed by atoms with Crippen molar-refractivity contribution >= 4 is 34.9 Å². The number of allylic oxidation sites excluding steroid dienone is 2. The van der Waals surface area contributed by atoms with Gasteiger partial charge >= 0.3 is 35.0 Å². The molecule has 29 heavy (non-hydrogen) atoms. The van der Waals surface area contributed by atoms with Crippen LogP contribution >= 0.6 is 34.9 Å². The average molecular weight is 578 g/mol. The van der Waals surface area contributed by atoms with E-state index in [1.165, 1.54) is 0 Å². The molecule has 0 fully saturated rings. The van der Waals surface area contributed by atoms with Crippen LogP contribution in [0.15, 0.2) is 23.8 Å². The first-order valence-electron chi connectivity index (χ1n) is 10.5.